The van der Waals surface area contributed by atoms with Gasteiger partial charge in [-0.2, -0.15) is 0 Å². The van der Waals surface area contributed by atoms with E-state index in [2.05, 4.69) is 0 Å². The maximum absolute atomic E-state index is 13.1. The van der Waals surface area contributed by atoms with Gasteiger partial charge in [-0.3, -0.25) is 4.79 Å². The molecule has 0 unspecified atom stereocenters. The van der Waals surface area contributed by atoms with E-state index in [0.29, 0.717) is 28.7 Å². The Morgan fingerprint density at radius 2 is 1.83 bits per heavy atom. The molecule has 2 aromatic carbocycles. The zero-order valence-electron chi connectivity index (χ0n) is 13.0. The molecule has 0 amide bonds. The minimum Gasteiger partial charge on any atom is -0.399 e. The Kier molecular flexibility index (Phi) is 3.06. The molecule has 6 heteroatoms. The van der Waals surface area contributed by atoms with Gasteiger partial charge in [0.1, 0.15) is 5.39 Å². The van der Waals surface area contributed by atoms with Crippen LogP contribution in [0.15, 0.2) is 62.5 Å². The molecule has 2 aromatic heterocycles. The van der Waals surface area contributed by atoms with E-state index in [1.54, 1.807) is 36.4 Å². The molecule has 0 bridgehead atoms. The number of nitrogens with two attached hydrogens (primary N) is 1. The van der Waals surface area contributed by atoms with Crippen molar-refractivity contribution >= 4 is 27.7 Å². The molecular formula is C18H15N3O3. The molecule has 2 N–H and O–H groups in total. The van der Waals surface area contributed by atoms with E-state index in [0.717, 1.165) is 10.1 Å². The van der Waals surface area contributed by atoms with Gasteiger partial charge < -0.3 is 14.7 Å². The van der Waals surface area contributed by atoms with Crippen LogP contribution in [0.25, 0.3) is 27.7 Å². The molecule has 2 heterocycles. The molecule has 0 saturated heterocycles. The average molecular weight is 321 g/mol. The molecule has 24 heavy (non-hydrogen) atoms. The van der Waals surface area contributed by atoms with Crippen LogP contribution in [-0.2, 0) is 6.54 Å². The third-order valence-corrected chi connectivity index (χ3v) is 4.15. The number of fused-ring (bicyclic) bond motifs is 3. The number of anilines is 1. The monoisotopic (exact) mass is 321 g/mol. The lowest BCUT2D eigenvalue weighted by atomic mass is 10.2. The molecule has 0 aliphatic rings. The highest BCUT2D eigenvalue weighted by molar-refractivity contribution is 6.06. The number of benzene rings is 2. The molecule has 6 nitrogen and oxygen atoms in total. The van der Waals surface area contributed by atoms with Crippen molar-refractivity contribution in [1.29, 1.82) is 0 Å². The van der Waals surface area contributed by atoms with Crippen LogP contribution in [0.4, 0.5) is 5.69 Å². The first kappa shape index (κ1) is 14.3. The van der Waals surface area contributed by atoms with Gasteiger partial charge in [0.25, 0.3) is 5.56 Å². The molecule has 0 atom stereocenters. The number of aryl methyl sites for hydroxylation is 1. The second kappa shape index (κ2) is 5.13. The largest absolute Gasteiger partial charge is 0.428 e. The highest BCUT2D eigenvalue weighted by Crippen LogP contribution is 2.27. The van der Waals surface area contributed by atoms with Crippen molar-refractivity contribution in [3.63, 3.8) is 0 Å². The topological polar surface area (TPSA) is 83.2 Å². The minimum atomic E-state index is -0.704. The molecule has 0 radical (unpaired) electrons. The smallest absolute Gasteiger partial charge is 0.399 e. The summed E-state index contributed by atoms with van der Waals surface area (Å²) in [7, 11) is 0. The molecule has 4 rings (SSSR count). The highest BCUT2D eigenvalue weighted by atomic mass is 16.4. The Morgan fingerprint density at radius 3 is 2.54 bits per heavy atom. The van der Waals surface area contributed by atoms with E-state index in [1.807, 2.05) is 23.6 Å². The molecule has 0 saturated carbocycles. The van der Waals surface area contributed by atoms with Gasteiger partial charge in [-0.15, -0.1) is 0 Å². The predicted octanol–water partition coefficient (Wildman–Crippen LogP) is 2.50. The van der Waals surface area contributed by atoms with Crippen LogP contribution in [0.5, 0.6) is 0 Å². The Morgan fingerprint density at radius 1 is 1.08 bits per heavy atom. The fourth-order valence-electron chi connectivity index (χ4n) is 3.10. The number of para-hydroxylation sites is 1. The van der Waals surface area contributed by atoms with Crippen LogP contribution in [0.3, 0.4) is 0 Å². The number of hydrogen-bond acceptors (Lipinski definition) is 4. The lowest BCUT2D eigenvalue weighted by molar-refractivity contribution is 0.481. The number of nitrogens with zero attached hydrogens (tertiary/aromatic N) is 2. The summed E-state index contributed by atoms with van der Waals surface area (Å²) < 4.78 is 8.36. The van der Waals surface area contributed by atoms with Crippen LogP contribution in [0.1, 0.15) is 6.92 Å². The van der Waals surface area contributed by atoms with Crippen LogP contribution in [-0.4, -0.2) is 9.13 Å². The predicted molar refractivity (Wildman–Crippen MR) is 93.7 cm³/mol. The minimum absolute atomic E-state index is 0.278. The third kappa shape index (κ3) is 1.89. The fraction of sp³-hybridized carbons (Fsp3) is 0.111. The summed E-state index contributed by atoms with van der Waals surface area (Å²) in [5, 5.41) is 1.05. The van der Waals surface area contributed by atoms with Gasteiger partial charge in [-0.25, -0.2) is 9.36 Å². The number of nitrogen functional groups attached to an aromatic ring is 1. The van der Waals surface area contributed by atoms with Gasteiger partial charge in [0, 0.05) is 17.6 Å². The van der Waals surface area contributed by atoms with E-state index < -0.39 is 11.3 Å². The van der Waals surface area contributed by atoms with Crippen LogP contribution in [0.2, 0.25) is 0 Å². The Hall–Kier alpha value is -3.28. The third-order valence-electron chi connectivity index (χ3n) is 4.15. The van der Waals surface area contributed by atoms with Gasteiger partial charge in [-0.1, -0.05) is 18.2 Å². The summed E-state index contributed by atoms with van der Waals surface area (Å²) in [6, 6.07) is 14.1. The Bertz CT molecular complexity index is 1180. The number of rotatable bonds is 2. The standard InChI is InChI=1S/C18H15N3O3/c1-2-20-14-9-8-11(19)10-13(14)15-16(22)21(18(23)24-17(15)20)12-6-4-3-5-7-12/h3-10H,2,19H2,1H3. The fourth-order valence-corrected chi connectivity index (χ4v) is 3.10. The van der Waals surface area contributed by atoms with Crippen molar-refractivity contribution in [3.8, 4) is 5.69 Å². The maximum atomic E-state index is 13.1. The second-order valence-electron chi connectivity index (χ2n) is 5.55. The summed E-state index contributed by atoms with van der Waals surface area (Å²) >= 11 is 0. The van der Waals surface area contributed by atoms with Crippen LogP contribution >= 0.6 is 0 Å². The summed E-state index contributed by atoms with van der Waals surface area (Å²) in [4.78, 5) is 25.5. The second-order valence-corrected chi connectivity index (χ2v) is 5.55. The summed E-state index contributed by atoms with van der Waals surface area (Å²) in [6.45, 7) is 2.50. The average Bonchev–Trinajstić information content (AvgIpc) is 2.88. The van der Waals surface area contributed by atoms with E-state index in [9.17, 15) is 9.59 Å². The summed E-state index contributed by atoms with van der Waals surface area (Å²) in [5.41, 5.74) is 7.59. The highest BCUT2D eigenvalue weighted by Gasteiger charge is 2.19. The zero-order valence-corrected chi connectivity index (χ0v) is 13.0. The van der Waals surface area contributed by atoms with Crippen LogP contribution in [0, 0.1) is 0 Å². The van der Waals surface area contributed by atoms with E-state index in [4.69, 9.17) is 10.2 Å². The normalized spacial score (nSPS) is 11.4. The lowest BCUT2D eigenvalue weighted by Crippen LogP contribution is -2.31. The first-order chi connectivity index (χ1) is 11.6. The molecule has 120 valence electrons. The molecule has 0 aliphatic carbocycles. The van der Waals surface area contributed by atoms with Crippen molar-refractivity contribution in [2.45, 2.75) is 13.5 Å². The molecule has 0 fully saturated rings. The van der Waals surface area contributed by atoms with E-state index in [1.165, 1.54) is 0 Å². The quantitative estimate of drug-likeness (QED) is 0.575. The van der Waals surface area contributed by atoms with Gasteiger partial charge in [-0.05, 0) is 37.3 Å². The number of aromatic nitrogens is 2. The molecule has 0 spiro atoms. The van der Waals surface area contributed by atoms with E-state index >= 15 is 0 Å². The van der Waals surface area contributed by atoms with E-state index in [-0.39, 0.29) is 5.71 Å². The molecule has 4 aromatic rings. The SMILES string of the molecule is CCn1c2ccc(N)cc2c2c(=O)n(-c3ccccc3)c(=O)oc21. The van der Waals surface area contributed by atoms with Crippen molar-refractivity contribution < 1.29 is 4.42 Å². The van der Waals surface area contributed by atoms with Crippen LogP contribution < -0.4 is 17.0 Å². The van der Waals surface area contributed by atoms with Crippen molar-refractivity contribution in [2.75, 3.05) is 5.73 Å². The molecule has 0 aliphatic heterocycles. The van der Waals surface area contributed by atoms with Crippen molar-refractivity contribution in [1.82, 2.24) is 9.13 Å². The van der Waals surface area contributed by atoms with Gasteiger partial charge in [0.2, 0.25) is 5.71 Å². The number of hydrogen-bond donors (Lipinski definition) is 1. The lowest BCUT2D eigenvalue weighted by Gasteiger charge is -2.04. The zero-order chi connectivity index (χ0) is 16.8. The maximum Gasteiger partial charge on any atom is 0.428 e. The Balaban J connectivity index is 2.24. The summed E-state index contributed by atoms with van der Waals surface area (Å²) in [5.74, 6) is -0.704. The van der Waals surface area contributed by atoms with Crippen molar-refractivity contribution in [2.24, 2.45) is 0 Å². The first-order valence-electron chi connectivity index (χ1n) is 7.65. The van der Waals surface area contributed by atoms with Crippen molar-refractivity contribution in [3.05, 3.63) is 69.4 Å². The summed E-state index contributed by atoms with van der Waals surface area (Å²) in [6.07, 6.45) is 0. The van der Waals surface area contributed by atoms with Gasteiger partial charge in [0.05, 0.1) is 11.2 Å². The molecular weight excluding hydrogens is 306 g/mol. The van der Waals surface area contributed by atoms with Gasteiger partial charge in [0.15, 0.2) is 0 Å². The van der Waals surface area contributed by atoms with Gasteiger partial charge >= 0.3 is 5.76 Å². The first-order valence-corrected chi connectivity index (χ1v) is 7.65. The Labute approximate surface area is 136 Å².